The Labute approximate surface area is 150 Å². The average molecular weight is 330 g/mol. The van der Waals surface area contributed by atoms with Crippen molar-refractivity contribution in [3.8, 4) is 0 Å². The predicted octanol–water partition coefficient (Wildman–Crippen LogP) is 6.53. The quantitative estimate of drug-likeness (QED) is 0.543. The van der Waals surface area contributed by atoms with Crippen LogP contribution in [-0.2, 0) is 0 Å². The molecule has 0 radical (unpaired) electrons. The fourth-order valence-electron chi connectivity index (χ4n) is 4.58. The van der Waals surface area contributed by atoms with E-state index < -0.39 is 0 Å². The maximum Gasteiger partial charge on any atom is 0.00668 e. The Morgan fingerprint density at radius 2 is 1.67 bits per heavy atom. The molecule has 1 aromatic rings. The third-order valence-corrected chi connectivity index (χ3v) is 5.97. The molecule has 1 N–H and O–H groups in total. The van der Waals surface area contributed by atoms with E-state index in [4.69, 9.17) is 0 Å². The van der Waals surface area contributed by atoms with Crippen LogP contribution in [0.2, 0.25) is 0 Å². The van der Waals surface area contributed by atoms with Crippen LogP contribution in [0.1, 0.15) is 94.2 Å². The molecule has 1 saturated carbocycles. The van der Waals surface area contributed by atoms with Gasteiger partial charge in [-0.25, -0.2) is 0 Å². The van der Waals surface area contributed by atoms with Crippen molar-refractivity contribution < 1.29 is 0 Å². The number of hydrogen-bond acceptors (Lipinski definition) is 1. The van der Waals surface area contributed by atoms with Crippen LogP contribution >= 0.6 is 0 Å². The lowest BCUT2D eigenvalue weighted by atomic mass is 9.76. The molecular formula is C23H39N. The molecule has 1 heteroatoms. The lowest BCUT2D eigenvalue weighted by Crippen LogP contribution is -2.31. The van der Waals surface area contributed by atoms with Crippen molar-refractivity contribution >= 4 is 0 Å². The molecule has 0 bridgehead atoms. The van der Waals surface area contributed by atoms with Crippen molar-refractivity contribution in [1.29, 1.82) is 0 Å². The van der Waals surface area contributed by atoms with Crippen LogP contribution in [0.5, 0.6) is 0 Å². The van der Waals surface area contributed by atoms with E-state index in [2.05, 4.69) is 51.2 Å². The van der Waals surface area contributed by atoms with E-state index in [1.807, 2.05) is 0 Å². The highest BCUT2D eigenvalue weighted by molar-refractivity contribution is 5.33. The maximum absolute atomic E-state index is 3.83. The number of aryl methyl sites for hydroxylation is 2. The summed E-state index contributed by atoms with van der Waals surface area (Å²) in [6, 6.07) is 7.79. The summed E-state index contributed by atoms with van der Waals surface area (Å²) in [6.07, 6.45) is 12.3. The van der Waals surface area contributed by atoms with Crippen LogP contribution < -0.4 is 5.32 Å². The minimum atomic E-state index is 0.756. The van der Waals surface area contributed by atoms with Gasteiger partial charge < -0.3 is 5.32 Å². The van der Waals surface area contributed by atoms with Gasteiger partial charge in [0.25, 0.3) is 0 Å². The summed E-state index contributed by atoms with van der Waals surface area (Å²) in [6.45, 7) is 10.3. The lowest BCUT2D eigenvalue weighted by molar-refractivity contribution is 0.298. The van der Waals surface area contributed by atoms with Gasteiger partial charge in [0.15, 0.2) is 0 Å². The van der Waals surface area contributed by atoms with Crippen molar-refractivity contribution in [2.45, 2.75) is 97.4 Å². The van der Waals surface area contributed by atoms with Crippen molar-refractivity contribution in [3.63, 3.8) is 0 Å². The highest BCUT2D eigenvalue weighted by Crippen LogP contribution is 2.38. The topological polar surface area (TPSA) is 12.0 Å². The zero-order valence-corrected chi connectivity index (χ0v) is 16.5. The molecule has 136 valence electrons. The van der Waals surface area contributed by atoms with Crippen LogP contribution in [0, 0.1) is 19.8 Å². The first-order valence-corrected chi connectivity index (χ1v) is 10.4. The van der Waals surface area contributed by atoms with Gasteiger partial charge in [-0.15, -0.1) is 0 Å². The number of hydrogen-bond donors (Lipinski definition) is 1. The summed E-state index contributed by atoms with van der Waals surface area (Å²) < 4.78 is 0. The van der Waals surface area contributed by atoms with Crippen molar-refractivity contribution in [2.75, 3.05) is 6.54 Å². The van der Waals surface area contributed by atoms with Crippen LogP contribution in [0.4, 0.5) is 0 Å². The zero-order valence-electron chi connectivity index (χ0n) is 16.5. The minimum absolute atomic E-state index is 0.756. The molecule has 0 aromatic heterocycles. The summed E-state index contributed by atoms with van der Waals surface area (Å²) in [4.78, 5) is 0. The van der Waals surface area contributed by atoms with E-state index in [1.165, 1.54) is 75.5 Å². The van der Waals surface area contributed by atoms with Gasteiger partial charge >= 0.3 is 0 Å². The highest BCUT2D eigenvalue weighted by Gasteiger charge is 2.23. The SMILES string of the molecule is CCCC(CCC)NCCC1CCC(c2ccc(C)cc2C)CC1. The smallest absolute Gasteiger partial charge is 0.00668 e. The van der Waals surface area contributed by atoms with E-state index in [1.54, 1.807) is 5.56 Å². The van der Waals surface area contributed by atoms with E-state index in [-0.39, 0.29) is 0 Å². The standard InChI is InChI=1S/C23H39N/c1-5-7-22(8-6-2)24-16-15-20-10-12-21(13-11-20)23-14-9-18(3)17-19(23)4/h9,14,17,20-22,24H,5-8,10-13,15-16H2,1-4H3. The normalized spacial score (nSPS) is 21.4. The Bertz CT molecular complexity index is 465. The second kappa shape index (κ2) is 10.2. The first kappa shape index (κ1) is 19.5. The summed E-state index contributed by atoms with van der Waals surface area (Å²) in [5, 5.41) is 3.83. The number of nitrogens with one attached hydrogen (secondary N) is 1. The molecule has 1 aliphatic carbocycles. The van der Waals surface area contributed by atoms with Gasteiger partial charge in [0.2, 0.25) is 0 Å². The van der Waals surface area contributed by atoms with Gasteiger partial charge in [-0.3, -0.25) is 0 Å². The molecule has 2 rings (SSSR count). The molecule has 0 heterocycles. The predicted molar refractivity (Wildman–Crippen MR) is 107 cm³/mol. The number of rotatable bonds is 9. The molecule has 24 heavy (non-hydrogen) atoms. The fourth-order valence-corrected chi connectivity index (χ4v) is 4.58. The van der Waals surface area contributed by atoms with Gasteiger partial charge in [-0.05, 0) is 88.3 Å². The molecule has 1 aliphatic rings. The van der Waals surface area contributed by atoms with Crippen LogP contribution in [0.15, 0.2) is 18.2 Å². The summed E-state index contributed by atoms with van der Waals surface area (Å²) >= 11 is 0. The Balaban J connectivity index is 1.72. The number of benzene rings is 1. The minimum Gasteiger partial charge on any atom is -0.314 e. The van der Waals surface area contributed by atoms with Gasteiger partial charge in [-0.2, -0.15) is 0 Å². The van der Waals surface area contributed by atoms with Crippen molar-refractivity contribution in [2.24, 2.45) is 5.92 Å². The van der Waals surface area contributed by atoms with Gasteiger partial charge in [0.05, 0.1) is 0 Å². The van der Waals surface area contributed by atoms with E-state index in [9.17, 15) is 0 Å². The summed E-state index contributed by atoms with van der Waals surface area (Å²) in [7, 11) is 0. The highest BCUT2D eigenvalue weighted by atomic mass is 14.9. The van der Waals surface area contributed by atoms with Gasteiger partial charge in [0, 0.05) is 6.04 Å². The maximum atomic E-state index is 3.83. The van der Waals surface area contributed by atoms with Crippen LogP contribution in [0.3, 0.4) is 0 Å². The Kier molecular flexibility index (Phi) is 8.32. The fraction of sp³-hybridized carbons (Fsp3) is 0.739. The second-order valence-corrected chi connectivity index (χ2v) is 8.09. The molecular weight excluding hydrogens is 290 g/mol. The van der Waals surface area contributed by atoms with Crippen LogP contribution in [-0.4, -0.2) is 12.6 Å². The van der Waals surface area contributed by atoms with E-state index >= 15 is 0 Å². The largest absolute Gasteiger partial charge is 0.314 e. The Hall–Kier alpha value is -0.820. The summed E-state index contributed by atoms with van der Waals surface area (Å²) in [5.41, 5.74) is 4.51. The second-order valence-electron chi connectivity index (χ2n) is 8.09. The van der Waals surface area contributed by atoms with E-state index in [0.29, 0.717) is 0 Å². The molecule has 0 saturated heterocycles. The third-order valence-electron chi connectivity index (χ3n) is 5.97. The van der Waals surface area contributed by atoms with Crippen molar-refractivity contribution in [1.82, 2.24) is 5.32 Å². The monoisotopic (exact) mass is 329 g/mol. The summed E-state index contributed by atoms with van der Waals surface area (Å²) in [5.74, 6) is 1.76. The molecule has 0 spiro atoms. The first-order valence-electron chi connectivity index (χ1n) is 10.4. The Morgan fingerprint density at radius 3 is 2.25 bits per heavy atom. The molecule has 0 unspecified atom stereocenters. The first-order chi connectivity index (χ1) is 11.6. The average Bonchev–Trinajstić information content (AvgIpc) is 2.56. The lowest BCUT2D eigenvalue weighted by Gasteiger charge is -2.30. The van der Waals surface area contributed by atoms with Crippen LogP contribution in [0.25, 0.3) is 0 Å². The molecule has 1 nitrogen and oxygen atoms in total. The Morgan fingerprint density at radius 1 is 1.00 bits per heavy atom. The zero-order chi connectivity index (χ0) is 17.4. The van der Waals surface area contributed by atoms with Gasteiger partial charge in [-0.1, -0.05) is 50.5 Å². The van der Waals surface area contributed by atoms with Gasteiger partial charge in [0.1, 0.15) is 0 Å². The molecule has 1 fully saturated rings. The van der Waals surface area contributed by atoms with Crippen molar-refractivity contribution in [3.05, 3.63) is 34.9 Å². The molecule has 0 amide bonds. The molecule has 0 aliphatic heterocycles. The van der Waals surface area contributed by atoms with E-state index in [0.717, 1.165) is 17.9 Å². The third kappa shape index (κ3) is 5.92. The molecule has 0 atom stereocenters. The molecule has 1 aromatic carbocycles.